The van der Waals surface area contributed by atoms with E-state index < -0.39 is 9.84 Å². The van der Waals surface area contributed by atoms with Gasteiger partial charge < -0.3 is 19.4 Å². The number of benzene rings is 1. The Morgan fingerprint density at radius 1 is 1.14 bits per heavy atom. The van der Waals surface area contributed by atoms with Crippen molar-refractivity contribution in [2.24, 2.45) is 0 Å². The third kappa shape index (κ3) is 4.39. The molecule has 0 atom stereocenters. The van der Waals surface area contributed by atoms with Gasteiger partial charge in [0.05, 0.1) is 18.6 Å². The highest BCUT2D eigenvalue weighted by Gasteiger charge is 2.30. The third-order valence-corrected chi connectivity index (χ3v) is 6.60. The highest BCUT2D eigenvalue weighted by atomic mass is 32.2. The second-order valence-electron chi connectivity index (χ2n) is 6.51. The molecule has 1 heterocycles. The number of hydrogen-bond acceptors (Lipinski definition) is 5. The van der Waals surface area contributed by atoms with Crippen molar-refractivity contribution in [2.45, 2.75) is 49.9 Å². The maximum absolute atomic E-state index is 13.4. The fraction of sp³-hybridized carbons (Fsp3) is 0.450. The van der Waals surface area contributed by atoms with E-state index in [4.69, 9.17) is 9.47 Å². The van der Waals surface area contributed by atoms with Gasteiger partial charge in [-0.05, 0) is 50.1 Å². The Morgan fingerprint density at radius 2 is 1.79 bits per heavy atom. The first-order valence-corrected chi connectivity index (χ1v) is 10.6. The lowest BCUT2D eigenvalue weighted by molar-refractivity contribution is -0.116. The van der Waals surface area contributed by atoms with E-state index >= 15 is 0 Å². The quantitative estimate of drug-likeness (QED) is 0.688. The lowest BCUT2D eigenvalue weighted by Gasteiger charge is -2.14. The van der Waals surface area contributed by atoms with Crippen LogP contribution in [0.1, 0.15) is 31.0 Å². The second kappa shape index (κ2) is 9.25. The van der Waals surface area contributed by atoms with Crippen molar-refractivity contribution in [3.8, 4) is 5.75 Å². The van der Waals surface area contributed by atoms with Gasteiger partial charge in [-0.2, -0.15) is 0 Å². The number of nitrogens with zero attached hydrogens (tertiary/aromatic N) is 1. The summed E-state index contributed by atoms with van der Waals surface area (Å²) in [6.07, 6.45) is 0.985. The molecule has 0 saturated heterocycles. The summed E-state index contributed by atoms with van der Waals surface area (Å²) in [5.41, 5.74) is 1.38. The molecule has 0 aliphatic carbocycles. The van der Waals surface area contributed by atoms with E-state index in [0.29, 0.717) is 43.1 Å². The molecule has 8 heteroatoms. The van der Waals surface area contributed by atoms with Gasteiger partial charge in [-0.25, -0.2) is 8.42 Å². The highest BCUT2D eigenvalue weighted by molar-refractivity contribution is 7.91. The van der Waals surface area contributed by atoms with Crippen molar-refractivity contribution in [1.29, 1.82) is 0 Å². The number of ether oxygens (including phenoxy) is 2. The molecule has 2 rings (SSSR count). The standard InChI is InChI=1S/C20H28N2O5S/c1-6-7-18(23)21-20-19(14(2)15(3)22(20)12-13-26-4)28(24,25)17-10-8-16(27-5)9-11-17/h8-11H,6-7,12-13H2,1-5H3,(H,21,23). The summed E-state index contributed by atoms with van der Waals surface area (Å²) in [5.74, 6) is 0.646. The molecule has 1 aromatic carbocycles. The maximum atomic E-state index is 13.4. The van der Waals surface area contributed by atoms with E-state index in [1.165, 1.54) is 19.2 Å². The first-order valence-electron chi connectivity index (χ1n) is 9.15. The maximum Gasteiger partial charge on any atom is 0.225 e. The zero-order valence-electron chi connectivity index (χ0n) is 17.0. The fourth-order valence-corrected chi connectivity index (χ4v) is 4.74. The summed E-state index contributed by atoms with van der Waals surface area (Å²) in [4.78, 5) is 12.6. The summed E-state index contributed by atoms with van der Waals surface area (Å²) < 4.78 is 38.9. The van der Waals surface area contributed by atoms with E-state index in [1.54, 1.807) is 30.7 Å². The topological polar surface area (TPSA) is 86.6 Å². The number of aromatic nitrogens is 1. The van der Waals surface area contributed by atoms with Gasteiger partial charge in [0.2, 0.25) is 15.7 Å². The molecule has 0 radical (unpaired) electrons. The van der Waals surface area contributed by atoms with Crippen molar-refractivity contribution in [1.82, 2.24) is 4.57 Å². The molecule has 0 aliphatic heterocycles. The predicted molar refractivity (Wildman–Crippen MR) is 108 cm³/mol. The lowest BCUT2D eigenvalue weighted by Crippen LogP contribution is -2.18. The van der Waals surface area contributed by atoms with Crippen LogP contribution in [0.2, 0.25) is 0 Å². The molecular formula is C20H28N2O5S. The first kappa shape index (κ1) is 22.0. The fourth-order valence-electron chi connectivity index (χ4n) is 3.04. The molecule has 7 nitrogen and oxygen atoms in total. The Balaban J connectivity index is 2.64. The third-order valence-electron chi connectivity index (χ3n) is 4.67. The zero-order chi connectivity index (χ0) is 20.9. The van der Waals surface area contributed by atoms with E-state index in [2.05, 4.69) is 5.32 Å². The second-order valence-corrected chi connectivity index (χ2v) is 8.40. The molecule has 1 N–H and O–H groups in total. The van der Waals surface area contributed by atoms with E-state index in [1.807, 2.05) is 13.8 Å². The number of carbonyl (C=O) groups excluding carboxylic acids is 1. The Kier molecular flexibility index (Phi) is 7.26. The van der Waals surface area contributed by atoms with Gasteiger partial charge in [0.25, 0.3) is 0 Å². The minimum Gasteiger partial charge on any atom is -0.497 e. The van der Waals surface area contributed by atoms with Crippen LogP contribution >= 0.6 is 0 Å². The van der Waals surface area contributed by atoms with Crippen molar-refractivity contribution in [3.63, 3.8) is 0 Å². The molecule has 154 valence electrons. The van der Waals surface area contributed by atoms with Gasteiger partial charge in [0, 0.05) is 25.8 Å². The van der Waals surface area contributed by atoms with Crippen LogP contribution in [0.25, 0.3) is 0 Å². The number of hydrogen-bond donors (Lipinski definition) is 1. The molecule has 1 amide bonds. The Bertz CT molecular complexity index is 930. The van der Waals surface area contributed by atoms with Crippen LogP contribution < -0.4 is 10.1 Å². The van der Waals surface area contributed by atoms with Crippen LogP contribution in [-0.4, -0.2) is 39.7 Å². The summed E-state index contributed by atoms with van der Waals surface area (Å²) in [6, 6.07) is 6.22. The molecule has 1 aromatic heterocycles. The summed E-state index contributed by atoms with van der Waals surface area (Å²) in [6.45, 7) is 6.32. The molecule has 28 heavy (non-hydrogen) atoms. The molecule has 0 spiro atoms. The van der Waals surface area contributed by atoms with Crippen molar-refractivity contribution in [2.75, 3.05) is 26.1 Å². The van der Waals surface area contributed by atoms with Crippen molar-refractivity contribution in [3.05, 3.63) is 35.5 Å². The molecule has 0 fully saturated rings. The van der Waals surface area contributed by atoms with Crippen LogP contribution in [0.5, 0.6) is 5.75 Å². The molecule has 0 aliphatic rings. The lowest BCUT2D eigenvalue weighted by atomic mass is 10.3. The molecule has 2 aromatic rings. The van der Waals surface area contributed by atoms with Gasteiger partial charge in [-0.3, -0.25) is 4.79 Å². The molecule has 0 saturated carbocycles. The van der Waals surface area contributed by atoms with Crippen molar-refractivity contribution < 1.29 is 22.7 Å². The predicted octanol–water partition coefficient (Wildman–Crippen LogP) is 3.33. The SMILES string of the molecule is CCCC(=O)Nc1c(S(=O)(=O)c2ccc(OC)cc2)c(C)c(C)n1CCOC. The largest absolute Gasteiger partial charge is 0.497 e. The summed E-state index contributed by atoms with van der Waals surface area (Å²) in [7, 11) is -0.743. The number of amides is 1. The molecule has 0 unspecified atom stereocenters. The average Bonchev–Trinajstić information content (AvgIpc) is 2.90. The number of carbonyl (C=O) groups is 1. The first-order chi connectivity index (χ1) is 13.3. The molecule has 0 bridgehead atoms. The molecular weight excluding hydrogens is 380 g/mol. The van der Waals surface area contributed by atoms with Gasteiger partial charge in [0.15, 0.2) is 0 Å². The van der Waals surface area contributed by atoms with Crippen LogP contribution in [0.3, 0.4) is 0 Å². The van der Waals surface area contributed by atoms with Crippen LogP contribution in [0.15, 0.2) is 34.1 Å². The smallest absolute Gasteiger partial charge is 0.225 e. The minimum atomic E-state index is -3.84. The van der Waals surface area contributed by atoms with E-state index in [0.717, 1.165) is 5.69 Å². The zero-order valence-corrected chi connectivity index (χ0v) is 17.9. The Hall–Kier alpha value is -2.32. The van der Waals surface area contributed by atoms with Crippen LogP contribution in [-0.2, 0) is 25.9 Å². The van der Waals surface area contributed by atoms with Gasteiger partial charge >= 0.3 is 0 Å². The summed E-state index contributed by atoms with van der Waals surface area (Å²) in [5, 5.41) is 2.81. The average molecular weight is 409 g/mol. The van der Waals surface area contributed by atoms with Crippen molar-refractivity contribution >= 4 is 21.6 Å². The van der Waals surface area contributed by atoms with Gasteiger partial charge in [-0.15, -0.1) is 0 Å². The number of sulfone groups is 1. The van der Waals surface area contributed by atoms with Gasteiger partial charge in [0.1, 0.15) is 16.5 Å². The number of rotatable bonds is 9. The normalized spacial score (nSPS) is 11.5. The van der Waals surface area contributed by atoms with E-state index in [-0.39, 0.29) is 15.7 Å². The number of anilines is 1. The van der Waals surface area contributed by atoms with E-state index in [9.17, 15) is 13.2 Å². The van der Waals surface area contributed by atoms with Gasteiger partial charge in [-0.1, -0.05) is 6.92 Å². The Morgan fingerprint density at radius 3 is 2.32 bits per heavy atom. The van der Waals surface area contributed by atoms with Crippen LogP contribution in [0, 0.1) is 13.8 Å². The number of methoxy groups -OCH3 is 2. The monoisotopic (exact) mass is 408 g/mol. The minimum absolute atomic E-state index is 0.121. The highest BCUT2D eigenvalue weighted by Crippen LogP contribution is 2.35. The number of nitrogens with one attached hydrogen (secondary N) is 1. The summed E-state index contributed by atoms with van der Waals surface area (Å²) >= 11 is 0. The van der Waals surface area contributed by atoms with Crippen LogP contribution in [0.4, 0.5) is 5.82 Å². The Labute approximate surface area is 166 Å².